The molecule has 0 fully saturated rings. The van der Waals surface area contributed by atoms with Gasteiger partial charge in [-0.1, -0.05) is 23.8 Å². The Labute approximate surface area is 150 Å². The van der Waals surface area contributed by atoms with Crippen LogP contribution in [0.2, 0.25) is 0 Å². The molecule has 0 saturated heterocycles. The minimum Gasteiger partial charge on any atom is -0.496 e. The molecule has 0 aliphatic carbocycles. The van der Waals surface area contributed by atoms with Crippen LogP contribution in [0, 0.1) is 12.7 Å². The van der Waals surface area contributed by atoms with Crippen molar-refractivity contribution in [2.45, 2.75) is 6.92 Å². The van der Waals surface area contributed by atoms with Gasteiger partial charge < -0.3 is 10.1 Å². The average Bonchev–Trinajstić information content (AvgIpc) is 2.60. The summed E-state index contributed by atoms with van der Waals surface area (Å²) in [7, 11) is 1.57. The van der Waals surface area contributed by atoms with E-state index in [2.05, 4.69) is 16.2 Å². The molecule has 1 amide bonds. The summed E-state index contributed by atoms with van der Waals surface area (Å²) in [6.07, 6.45) is 2.98. The number of halogens is 1. The summed E-state index contributed by atoms with van der Waals surface area (Å²) in [5.41, 5.74) is 6.96. The monoisotopic (exact) mass is 359 g/mol. The van der Waals surface area contributed by atoms with Crippen molar-refractivity contribution in [3.63, 3.8) is 0 Å². The van der Waals surface area contributed by atoms with Gasteiger partial charge in [-0.3, -0.25) is 15.6 Å². The van der Waals surface area contributed by atoms with Gasteiger partial charge in [-0.2, -0.15) is 0 Å². The minimum atomic E-state index is -0.440. The first-order valence-electron chi connectivity index (χ1n) is 7.44. The molecule has 0 spiro atoms. The summed E-state index contributed by atoms with van der Waals surface area (Å²) in [4.78, 5) is 11.9. The zero-order valence-electron chi connectivity index (χ0n) is 13.8. The highest BCUT2D eigenvalue weighted by Crippen LogP contribution is 2.20. The van der Waals surface area contributed by atoms with Gasteiger partial charge in [0.25, 0.3) is 5.91 Å². The van der Waals surface area contributed by atoms with Crippen LogP contribution < -0.4 is 20.9 Å². The van der Waals surface area contributed by atoms with Crippen LogP contribution in [0.25, 0.3) is 6.08 Å². The number of anilines is 1. The Hall–Kier alpha value is -2.93. The largest absolute Gasteiger partial charge is 0.496 e. The molecular formula is C18H18FN3O2S. The molecule has 2 aromatic rings. The van der Waals surface area contributed by atoms with Gasteiger partial charge in [0, 0.05) is 11.6 Å². The van der Waals surface area contributed by atoms with Gasteiger partial charge in [0.15, 0.2) is 5.11 Å². The number of thiocarbonyl (C=S) groups is 1. The van der Waals surface area contributed by atoms with Gasteiger partial charge in [0.2, 0.25) is 0 Å². The summed E-state index contributed by atoms with van der Waals surface area (Å²) in [5, 5.41) is 2.72. The molecule has 7 heteroatoms. The van der Waals surface area contributed by atoms with E-state index in [4.69, 9.17) is 17.0 Å². The molecule has 130 valence electrons. The summed E-state index contributed by atoms with van der Waals surface area (Å²) >= 11 is 5.00. The quantitative estimate of drug-likeness (QED) is 0.445. The third-order valence-electron chi connectivity index (χ3n) is 3.22. The highest BCUT2D eigenvalue weighted by Gasteiger charge is 2.04. The number of hydrogen-bond acceptors (Lipinski definition) is 3. The second kappa shape index (κ2) is 8.79. The van der Waals surface area contributed by atoms with Crippen molar-refractivity contribution >= 4 is 35.0 Å². The molecule has 0 aromatic heterocycles. The maximum atomic E-state index is 13.5. The van der Waals surface area contributed by atoms with Crippen LogP contribution in [-0.4, -0.2) is 18.1 Å². The number of hydrogen-bond donors (Lipinski definition) is 3. The van der Waals surface area contributed by atoms with Crippen molar-refractivity contribution in [1.29, 1.82) is 0 Å². The standard InChI is InChI=1S/C18H18FN3O2S/c1-12-7-9-16(24-2)13(11-12)8-10-17(23)21-22-18(25)20-15-6-4-3-5-14(15)19/h3-11H,1-2H3,(H,21,23)(H2,20,22,25)/b10-8+. The third-order valence-corrected chi connectivity index (χ3v) is 3.42. The molecule has 25 heavy (non-hydrogen) atoms. The Morgan fingerprint density at radius 1 is 1.20 bits per heavy atom. The minimum absolute atomic E-state index is 0.0694. The van der Waals surface area contributed by atoms with E-state index in [-0.39, 0.29) is 10.8 Å². The molecule has 0 aliphatic heterocycles. The first kappa shape index (κ1) is 18.4. The molecular weight excluding hydrogens is 341 g/mol. The Morgan fingerprint density at radius 2 is 1.96 bits per heavy atom. The highest BCUT2D eigenvalue weighted by atomic mass is 32.1. The lowest BCUT2D eigenvalue weighted by Crippen LogP contribution is -2.43. The highest BCUT2D eigenvalue weighted by molar-refractivity contribution is 7.80. The van der Waals surface area contributed by atoms with Gasteiger partial charge in [-0.25, -0.2) is 4.39 Å². The predicted octanol–water partition coefficient (Wildman–Crippen LogP) is 3.17. The van der Waals surface area contributed by atoms with Crippen molar-refractivity contribution < 1.29 is 13.9 Å². The van der Waals surface area contributed by atoms with Crippen molar-refractivity contribution in [1.82, 2.24) is 10.9 Å². The van der Waals surface area contributed by atoms with Crippen LogP contribution >= 0.6 is 12.2 Å². The number of para-hydroxylation sites is 1. The van der Waals surface area contributed by atoms with E-state index in [9.17, 15) is 9.18 Å². The van der Waals surface area contributed by atoms with Crippen LogP contribution in [0.15, 0.2) is 48.5 Å². The van der Waals surface area contributed by atoms with Gasteiger partial charge in [0.05, 0.1) is 12.8 Å². The SMILES string of the molecule is COc1ccc(C)cc1/C=C/C(=O)NNC(=S)Nc1ccccc1F. The Bertz CT molecular complexity index is 809. The topological polar surface area (TPSA) is 62.4 Å². The molecule has 0 unspecified atom stereocenters. The van der Waals surface area contributed by atoms with Crippen LogP contribution in [0.3, 0.4) is 0 Å². The number of ether oxygens (including phenoxy) is 1. The van der Waals surface area contributed by atoms with Gasteiger partial charge in [-0.05, 0) is 49.5 Å². The molecule has 0 saturated carbocycles. The summed E-state index contributed by atoms with van der Waals surface area (Å²) < 4.78 is 18.7. The number of methoxy groups -OCH3 is 1. The van der Waals surface area contributed by atoms with Crippen LogP contribution in [0.1, 0.15) is 11.1 Å². The lowest BCUT2D eigenvalue weighted by atomic mass is 10.1. The van der Waals surface area contributed by atoms with Crippen LogP contribution in [-0.2, 0) is 4.79 Å². The number of amides is 1. The Morgan fingerprint density at radius 3 is 2.68 bits per heavy atom. The molecule has 0 radical (unpaired) electrons. The molecule has 5 nitrogen and oxygen atoms in total. The second-order valence-corrected chi connectivity index (χ2v) is 5.54. The van der Waals surface area contributed by atoms with E-state index >= 15 is 0 Å². The maximum absolute atomic E-state index is 13.5. The fourth-order valence-electron chi connectivity index (χ4n) is 2.03. The normalized spacial score (nSPS) is 10.4. The van der Waals surface area contributed by atoms with Crippen molar-refractivity contribution in [2.75, 3.05) is 12.4 Å². The number of benzene rings is 2. The molecule has 0 aliphatic rings. The molecule has 2 rings (SSSR count). The first-order valence-corrected chi connectivity index (χ1v) is 7.84. The average molecular weight is 359 g/mol. The third kappa shape index (κ3) is 5.58. The number of aryl methyl sites for hydroxylation is 1. The van der Waals surface area contributed by atoms with E-state index in [1.165, 1.54) is 18.2 Å². The summed E-state index contributed by atoms with van der Waals surface area (Å²) in [6, 6.07) is 11.7. The van der Waals surface area contributed by atoms with Gasteiger partial charge in [0.1, 0.15) is 11.6 Å². The Balaban J connectivity index is 1.89. The van der Waals surface area contributed by atoms with Gasteiger partial charge >= 0.3 is 0 Å². The van der Waals surface area contributed by atoms with Crippen molar-refractivity contribution in [2.24, 2.45) is 0 Å². The molecule has 3 N–H and O–H groups in total. The smallest absolute Gasteiger partial charge is 0.262 e. The number of nitrogens with one attached hydrogen (secondary N) is 3. The van der Waals surface area contributed by atoms with Gasteiger partial charge in [-0.15, -0.1) is 0 Å². The fourth-order valence-corrected chi connectivity index (χ4v) is 2.19. The second-order valence-electron chi connectivity index (χ2n) is 5.13. The van der Waals surface area contributed by atoms with E-state index in [0.29, 0.717) is 5.75 Å². The lowest BCUT2D eigenvalue weighted by Gasteiger charge is -2.11. The zero-order valence-corrected chi connectivity index (χ0v) is 14.6. The number of carbonyl (C=O) groups is 1. The summed E-state index contributed by atoms with van der Waals surface area (Å²) in [5.74, 6) is -0.190. The van der Waals surface area contributed by atoms with Crippen LogP contribution in [0.4, 0.5) is 10.1 Å². The molecule has 2 aromatic carbocycles. The van der Waals surface area contributed by atoms with E-state index in [0.717, 1.165) is 11.1 Å². The zero-order chi connectivity index (χ0) is 18.2. The van der Waals surface area contributed by atoms with Crippen molar-refractivity contribution in [3.05, 3.63) is 65.5 Å². The maximum Gasteiger partial charge on any atom is 0.262 e. The summed E-state index contributed by atoms with van der Waals surface area (Å²) in [6.45, 7) is 1.95. The van der Waals surface area contributed by atoms with E-state index < -0.39 is 11.7 Å². The fraction of sp³-hybridized carbons (Fsp3) is 0.111. The molecule has 0 heterocycles. The number of carbonyl (C=O) groups excluding carboxylic acids is 1. The van der Waals surface area contributed by atoms with Crippen LogP contribution in [0.5, 0.6) is 5.75 Å². The predicted molar refractivity (Wildman–Crippen MR) is 101 cm³/mol. The van der Waals surface area contributed by atoms with Crippen molar-refractivity contribution in [3.8, 4) is 5.75 Å². The Kier molecular flexibility index (Phi) is 6.47. The first-order chi connectivity index (χ1) is 12.0. The number of hydrazine groups is 1. The lowest BCUT2D eigenvalue weighted by molar-refractivity contribution is -0.116. The van der Waals surface area contributed by atoms with E-state index in [1.807, 2.05) is 25.1 Å². The number of rotatable bonds is 4. The molecule has 0 bridgehead atoms. The molecule has 0 atom stereocenters. The van der Waals surface area contributed by atoms with E-state index in [1.54, 1.807) is 25.3 Å².